The summed E-state index contributed by atoms with van der Waals surface area (Å²) in [7, 11) is 1.36. The van der Waals surface area contributed by atoms with Crippen molar-refractivity contribution in [3.8, 4) is 0 Å². The molecule has 1 fully saturated rings. The number of hydrogen-bond donors (Lipinski definition) is 0. The highest BCUT2D eigenvalue weighted by atomic mass is 32.2. The first-order valence-corrected chi connectivity index (χ1v) is 9.37. The molecule has 0 aromatic heterocycles. The van der Waals surface area contributed by atoms with E-state index in [9.17, 15) is 9.59 Å². The molecule has 134 valence electrons. The van der Waals surface area contributed by atoms with E-state index in [1.807, 2.05) is 18.2 Å². The van der Waals surface area contributed by atoms with Crippen molar-refractivity contribution < 1.29 is 14.3 Å². The van der Waals surface area contributed by atoms with E-state index in [1.54, 1.807) is 4.90 Å². The molecule has 0 spiro atoms. The van der Waals surface area contributed by atoms with Crippen molar-refractivity contribution >= 4 is 46.3 Å². The minimum Gasteiger partial charge on any atom is -0.469 e. The number of carbonyl (C=O) groups excluding carboxylic acids is 2. The summed E-state index contributed by atoms with van der Waals surface area (Å²) in [5.74, 6) is -0.375. The fourth-order valence-corrected chi connectivity index (χ4v) is 3.72. The maximum atomic E-state index is 12.5. The Bertz CT molecular complexity index is 702. The Morgan fingerprint density at radius 2 is 1.92 bits per heavy atom. The third kappa shape index (κ3) is 5.16. The third-order valence-corrected chi connectivity index (χ3v) is 5.32. The Morgan fingerprint density at radius 1 is 1.28 bits per heavy atom. The number of methoxy groups -OCH3 is 1. The van der Waals surface area contributed by atoms with Crippen LogP contribution in [0.4, 0.5) is 0 Å². The predicted molar refractivity (Wildman–Crippen MR) is 106 cm³/mol. The fraction of sp³-hybridized carbons (Fsp3) is 0.421. The number of amides is 1. The van der Waals surface area contributed by atoms with Crippen molar-refractivity contribution in [1.82, 2.24) is 4.90 Å². The Hall–Kier alpha value is -1.66. The van der Waals surface area contributed by atoms with Crippen molar-refractivity contribution in [2.45, 2.75) is 39.0 Å². The molecule has 25 heavy (non-hydrogen) atoms. The van der Waals surface area contributed by atoms with Crippen molar-refractivity contribution in [3.05, 3.63) is 40.3 Å². The number of hydrogen-bond acceptors (Lipinski definition) is 5. The molecule has 1 aromatic carbocycles. The van der Waals surface area contributed by atoms with Gasteiger partial charge in [-0.25, -0.2) is 0 Å². The number of benzene rings is 1. The van der Waals surface area contributed by atoms with E-state index < -0.39 is 0 Å². The molecule has 1 aliphatic heterocycles. The van der Waals surface area contributed by atoms with Crippen LogP contribution in [0.25, 0.3) is 6.08 Å². The quantitative estimate of drug-likeness (QED) is 0.438. The molecule has 0 saturated carbocycles. The normalized spacial score (nSPS) is 16.6. The van der Waals surface area contributed by atoms with E-state index in [0.717, 1.165) is 5.56 Å². The SMILES string of the molecule is COC(=O)CCCN1C(=O)/C(=C/c2ccc(C(C)(C)C)cc2)SC1=S. The highest BCUT2D eigenvalue weighted by Crippen LogP contribution is 2.33. The average Bonchev–Trinajstić information content (AvgIpc) is 2.81. The molecule has 1 amide bonds. The van der Waals surface area contributed by atoms with E-state index >= 15 is 0 Å². The minimum atomic E-state index is -0.278. The lowest BCUT2D eigenvalue weighted by atomic mass is 9.87. The van der Waals surface area contributed by atoms with Crippen LogP contribution in [-0.4, -0.2) is 34.8 Å². The summed E-state index contributed by atoms with van der Waals surface area (Å²) >= 11 is 6.60. The summed E-state index contributed by atoms with van der Waals surface area (Å²) in [5, 5.41) is 0. The molecule has 1 aliphatic rings. The van der Waals surface area contributed by atoms with Crippen LogP contribution >= 0.6 is 24.0 Å². The number of thiocarbonyl (C=S) groups is 1. The Balaban J connectivity index is 2.05. The highest BCUT2D eigenvalue weighted by Gasteiger charge is 2.31. The molecule has 1 saturated heterocycles. The molecule has 0 bridgehead atoms. The standard InChI is InChI=1S/C19H23NO3S2/c1-19(2,3)14-9-7-13(8-10-14)12-15-17(22)20(18(24)25-15)11-5-6-16(21)23-4/h7-10,12H,5-6,11H2,1-4H3/b15-12-. The number of thioether (sulfide) groups is 1. The van der Waals surface area contributed by atoms with E-state index in [4.69, 9.17) is 12.2 Å². The van der Waals surface area contributed by atoms with Crippen LogP contribution in [0.5, 0.6) is 0 Å². The van der Waals surface area contributed by atoms with Gasteiger partial charge in [-0.2, -0.15) is 0 Å². The van der Waals surface area contributed by atoms with Gasteiger partial charge in [-0.15, -0.1) is 0 Å². The van der Waals surface area contributed by atoms with Crippen LogP contribution in [0, 0.1) is 0 Å². The molecule has 0 atom stereocenters. The Morgan fingerprint density at radius 3 is 2.48 bits per heavy atom. The van der Waals surface area contributed by atoms with Crippen molar-refractivity contribution in [2.24, 2.45) is 0 Å². The number of carbonyl (C=O) groups is 2. The van der Waals surface area contributed by atoms with E-state index in [-0.39, 0.29) is 23.7 Å². The smallest absolute Gasteiger partial charge is 0.305 e. The number of rotatable bonds is 5. The molecule has 4 nitrogen and oxygen atoms in total. The predicted octanol–water partition coefficient (Wildman–Crippen LogP) is 4.14. The zero-order chi connectivity index (χ0) is 18.6. The number of ether oxygens (including phenoxy) is 1. The Labute approximate surface area is 158 Å². The zero-order valence-electron chi connectivity index (χ0n) is 15.0. The lowest BCUT2D eigenvalue weighted by Gasteiger charge is -2.18. The first kappa shape index (κ1) is 19.7. The monoisotopic (exact) mass is 377 g/mol. The molecule has 0 aliphatic carbocycles. The molecule has 1 heterocycles. The van der Waals surface area contributed by atoms with E-state index in [2.05, 4.69) is 37.6 Å². The van der Waals surface area contributed by atoms with Gasteiger partial charge in [0.25, 0.3) is 5.91 Å². The van der Waals surface area contributed by atoms with Gasteiger partial charge in [0.15, 0.2) is 0 Å². The first-order valence-electron chi connectivity index (χ1n) is 8.15. The summed E-state index contributed by atoms with van der Waals surface area (Å²) in [6.45, 7) is 6.93. The highest BCUT2D eigenvalue weighted by molar-refractivity contribution is 8.26. The van der Waals surface area contributed by atoms with Gasteiger partial charge in [-0.1, -0.05) is 69.0 Å². The Kier molecular flexibility index (Phi) is 6.41. The minimum absolute atomic E-state index is 0.0974. The number of nitrogens with zero attached hydrogens (tertiary/aromatic N) is 1. The molecule has 2 rings (SSSR count). The topological polar surface area (TPSA) is 46.6 Å². The van der Waals surface area contributed by atoms with Crippen molar-refractivity contribution in [1.29, 1.82) is 0 Å². The third-order valence-electron chi connectivity index (χ3n) is 3.94. The van der Waals surface area contributed by atoms with Crippen LogP contribution in [0.2, 0.25) is 0 Å². The maximum Gasteiger partial charge on any atom is 0.305 e. The first-order chi connectivity index (χ1) is 11.7. The second kappa shape index (κ2) is 8.15. The van der Waals surface area contributed by atoms with Gasteiger partial charge in [0.1, 0.15) is 4.32 Å². The van der Waals surface area contributed by atoms with Gasteiger partial charge in [0, 0.05) is 13.0 Å². The number of esters is 1. The van der Waals surface area contributed by atoms with E-state index in [0.29, 0.717) is 22.2 Å². The van der Waals surface area contributed by atoms with Gasteiger partial charge in [-0.3, -0.25) is 14.5 Å². The lowest BCUT2D eigenvalue weighted by Crippen LogP contribution is -2.29. The largest absolute Gasteiger partial charge is 0.469 e. The fourth-order valence-electron chi connectivity index (χ4n) is 2.41. The molecule has 0 unspecified atom stereocenters. The summed E-state index contributed by atoms with van der Waals surface area (Å²) < 4.78 is 5.15. The van der Waals surface area contributed by atoms with Crippen molar-refractivity contribution in [3.63, 3.8) is 0 Å². The van der Waals surface area contributed by atoms with Gasteiger partial charge in [0.2, 0.25) is 0 Å². The molecule has 6 heteroatoms. The van der Waals surface area contributed by atoms with E-state index in [1.165, 1.54) is 24.4 Å². The van der Waals surface area contributed by atoms with Gasteiger partial charge >= 0.3 is 5.97 Å². The van der Waals surface area contributed by atoms with Crippen LogP contribution < -0.4 is 0 Å². The molecule has 0 N–H and O–H groups in total. The van der Waals surface area contributed by atoms with Crippen LogP contribution in [-0.2, 0) is 19.7 Å². The summed E-state index contributed by atoms with van der Waals surface area (Å²) in [6, 6.07) is 8.21. The summed E-state index contributed by atoms with van der Waals surface area (Å²) in [4.78, 5) is 25.9. The summed E-state index contributed by atoms with van der Waals surface area (Å²) in [5.41, 5.74) is 2.32. The molecular formula is C19H23NO3S2. The molecule has 0 radical (unpaired) electrons. The summed E-state index contributed by atoms with van der Waals surface area (Å²) in [6.07, 6.45) is 2.68. The van der Waals surface area contributed by atoms with Crippen LogP contribution in [0.15, 0.2) is 29.2 Å². The van der Waals surface area contributed by atoms with Crippen molar-refractivity contribution in [2.75, 3.05) is 13.7 Å². The van der Waals surface area contributed by atoms with Crippen LogP contribution in [0.1, 0.15) is 44.7 Å². The lowest BCUT2D eigenvalue weighted by molar-refractivity contribution is -0.141. The van der Waals surface area contributed by atoms with Crippen LogP contribution in [0.3, 0.4) is 0 Å². The average molecular weight is 378 g/mol. The van der Waals surface area contributed by atoms with Gasteiger partial charge in [0.05, 0.1) is 12.0 Å². The maximum absolute atomic E-state index is 12.5. The second-order valence-electron chi connectivity index (χ2n) is 6.89. The zero-order valence-corrected chi connectivity index (χ0v) is 16.6. The molecule has 1 aromatic rings. The molecular weight excluding hydrogens is 354 g/mol. The van der Waals surface area contributed by atoms with Gasteiger partial charge in [-0.05, 0) is 29.0 Å². The van der Waals surface area contributed by atoms with Gasteiger partial charge < -0.3 is 4.74 Å². The second-order valence-corrected chi connectivity index (χ2v) is 8.56.